The van der Waals surface area contributed by atoms with E-state index in [9.17, 15) is 9.59 Å². The van der Waals surface area contributed by atoms with Crippen LogP contribution in [-0.4, -0.2) is 50.6 Å². The number of carbonyl (C=O) groups is 2. The second-order valence-electron chi connectivity index (χ2n) is 6.76. The summed E-state index contributed by atoms with van der Waals surface area (Å²) >= 11 is 5.93. The third-order valence-electron chi connectivity index (χ3n) is 4.23. The Kier molecular flexibility index (Phi) is 6.38. The van der Waals surface area contributed by atoms with Gasteiger partial charge in [0.2, 0.25) is 0 Å². The summed E-state index contributed by atoms with van der Waals surface area (Å²) in [5, 5.41) is 6.04. The number of nitrogens with one attached hydrogen (secondary N) is 2. The number of halogens is 1. The van der Waals surface area contributed by atoms with Crippen molar-refractivity contribution < 1.29 is 14.3 Å². The van der Waals surface area contributed by atoms with Crippen LogP contribution in [0.25, 0.3) is 0 Å². The van der Waals surface area contributed by atoms with E-state index >= 15 is 0 Å². The molecule has 3 rings (SSSR count). The fourth-order valence-electron chi connectivity index (χ4n) is 2.93. The van der Waals surface area contributed by atoms with Crippen LogP contribution in [0.15, 0.2) is 42.5 Å². The normalized spacial score (nSPS) is 13.1. The Hall–Kier alpha value is -2.77. The van der Waals surface area contributed by atoms with Gasteiger partial charge in [-0.2, -0.15) is 0 Å². The third kappa shape index (κ3) is 5.15. The Morgan fingerprint density at radius 3 is 2.64 bits per heavy atom. The monoisotopic (exact) mass is 402 g/mol. The van der Waals surface area contributed by atoms with Crippen molar-refractivity contribution in [3.63, 3.8) is 0 Å². The molecule has 0 radical (unpaired) electrons. The number of ether oxygens (including phenoxy) is 1. The van der Waals surface area contributed by atoms with Crippen LogP contribution in [0.1, 0.15) is 6.42 Å². The van der Waals surface area contributed by atoms with Crippen LogP contribution in [0, 0.1) is 0 Å². The van der Waals surface area contributed by atoms with Crippen molar-refractivity contribution in [3.05, 3.63) is 47.5 Å². The van der Waals surface area contributed by atoms with E-state index in [1.165, 1.54) is 0 Å². The smallest absolute Gasteiger partial charge is 0.323 e. The molecule has 0 aromatic heterocycles. The van der Waals surface area contributed by atoms with Gasteiger partial charge in [0.25, 0.3) is 5.91 Å². The van der Waals surface area contributed by atoms with Gasteiger partial charge in [-0.1, -0.05) is 17.7 Å². The molecule has 0 atom stereocenters. The number of hydrogen-bond donors (Lipinski definition) is 2. The molecule has 2 aromatic rings. The highest BCUT2D eigenvalue weighted by Gasteiger charge is 2.25. The molecular formula is C20H23ClN4O3. The fourth-order valence-corrected chi connectivity index (χ4v) is 3.12. The van der Waals surface area contributed by atoms with Gasteiger partial charge in [-0.3, -0.25) is 4.79 Å². The van der Waals surface area contributed by atoms with Crippen molar-refractivity contribution in [2.75, 3.05) is 49.3 Å². The SMILES string of the molecule is CN(C)CCCN1C(=O)COc2ccc(NC(=O)Nc3cccc(Cl)c3)cc21. The summed E-state index contributed by atoms with van der Waals surface area (Å²) in [6.45, 7) is 1.49. The predicted octanol–water partition coefficient (Wildman–Crippen LogP) is 3.66. The lowest BCUT2D eigenvalue weighted by atomic mass is 10.2. The summed E-state index contributed by atoms with van der Waals surface area (Å²) < 4.78 is 5.52. The van der Waals surface area contributed by atoms with Gasteiger partial charge in [0.15, 0.2) is 6.61 Å². The lowest BCUT2D eigenvalue weighted by Gasteiger charge is -2.30. The second kappa shape index (κ2) is 8.95. The summed E-state index contributed by atoms with van der Waals surface area (Å²) in [5.74, 6) is 0.539. The molecule has 0 aliphatic carbocycles. The van der Waals surface area contributed by atoms with Crippen molar-refractivity contribution >= 4 is 40.6 Å². The second-order valence-corrected chi connectivity index (χ2v) is 7.20. The molecule has 2 N–H and O–H groups in total. The quantitative estimate of drug-likeness (QED) is 0.773. The Morgan fingerprint density at radius 2 is 1.93 bits per heavy atom. The largest absolute Gasteiger partial charge is 0.482 e. The number of carbonyl (C=O) groups excluding carboxylic acids is 2. The van der Waals surface area contributed by atoms with Crippen molar-refractivity contribution in [2.24, 2.45) is 0 Å². The molecule has 0 unspecified atom stereocenters. The summed E-state index contributed by atoms with van der Waals surface area (Å²) in [6, 6.07) is 11.7. The molecule has 0 fully saturated rings. The molecule has 0 saturated heterocycles. The number of nitrogens with zero attached hydrogens (tertiary/aromatic N) is 2. The topological polar surface area (TPSA) is 73.9 Å². The first kappa shape index (κ1) is 20.0. The van der Waals surface area contributed by atoms with E-state index in [4.69, 9.17) is 16.3 Å². The molecule has 3 amide bonds. The van der Waals surface area contributed by atoms with Crippen LogP contribution in [0.2, 0.25) is 5.02 Å². The molecular weight excluding hydrogens is 380 g/mol. The van der Waals surface area contributed by atoms with Crippen LogP contribution >= 0.6 is 11.6 Å². The van der Waals surface area contributed by atoms with Gasteiger partial charge in [-0.05, 0) is 63.5 Å². The van der Waals surface area contributed by atoms with Gasteiger partial charge in [0.05, 0.1) is 5.69 Å². The first-order valence-electron chi connectivity index (χ1n) is 8.98. The van der Waals surface area contributed by atoms with E-state index in [0.717, 1.165) is 13.0 Å². The molecule has 1 aliphatic heterocycles. The van der Waals surface area contributed by atoms with Gasteiger partial charge in [0, 0.05) is 22.9 Å². The molecule has 1 heterocycles. The van der Waals surface area contributed by atoms with Gasteiger partial charge in [0.1, 0.15) is 5.75 Å². The molecule has 7 nitrogen and oxygen atoms in total. The summed E-state index contributed by atoms with van der Waals surface area (Å²) in [6.07, 6.45) is 0.838. The number of hydrogen-bond acceptors (Lipinski definition) is 4. The highest BCUT2D eigenvalue weighted by molar-refractivity contribution is 6.30. The van der Waals surface area contributed by atoms with Gasteiger partial charge >= 0.3 is 6.03 Å². The van der Waals surface area contributed by atoms with Crippen molar-refractivity contribution in [2.45, 2.75) is 6.42 Å². The maximum atomic E-state index is 12.3. The van der Waals surface area contributed by atoms with Crippen molar-refractivity contribution in [1.82, 2.24) is 4.90 Å². The molecule has 8 heteroatoms. The Morgan fingerprint density at radius 1 is 1.18 bits per heavy atom. The number of fused-ring (bicyclic) bond motifs is 1. The molecule has 2 aromatic carbocycles. The summed E-state index contributed by atoms with van der Waals surface area (Å²) in [7, 11) is 3.99. The van der Waals surface area contributed by atoms with Gasteiger partial charge < -0.3 is 25.2 Å². The molecule has 0 spiro atoms. The minimum absolute atomic E-state index is 0.0248. The fraction of sp³-hybridized carbons (Fsp3) is 0.300. The average molecular weight is 403 g/mol. The van der Waals surface area contributed by atoms with Crippen LogP contribution in [0.5, 0.6) is 5.75 Å². The highest BCUT2D eigenvalue weighted by Crippen LogP contribution is 2.34. The van der Waals surface area contributed by atoms with E-state index in [0.29, 0.717) is 34.4 Å². The summed E-state index contributed by atoms with van der Waals surface area (Å²) in [4.78, 5) is 28.4. The zero-order valence-electron chi connectivity index (χ0n) is 15.9. The highest BCUT2D eigenvalue weighted by atomic mass is 35.5. The zero-order chi connectivity index (χ0) is 20.1. The minimum Gasteiger partial charge on any atom is -0.482 e. The summed E-state index contributed by atoms with van der Waals surface area (Å²) in [5.41, 5.74) is 1.82. The van der Waals surface area contributed by atoms with E-state index < -0.39 is 6.03 Å². The molecule has 1 aliphatic rings. The van der Waals surface area contributed by atoms with Crippen LogP contribution in [0.4, 0.5) is 21.9 Å². The number of benzene rings is 2. The molecule has 0 bridgehead atoms. The predicted molar refractivity (Wildman–Crippen MR) is 112 cm³/mol. The van der Waals surface area contributed by atoms with E-state index in [1.54, 1.807) is 47.4 Å². The van der Waals surface area contributed by atoms with Crippen molar-refractivity contribution in [3.8, 4) is 5.75 Å². The van der Waals surface area contributed by atoms with E-state index in [1.807, 2.05) is 14.1 Å². The molecule has 0 saturated carbocycles. The van der Waals surface area contributed by atoms with E-state index in [-0.39, 0.29) is 12.5 Å². The standard InChI is InChI=1S/C20H23ClN4O3/c1-24(2)9-4-10-25-17-12-16(7-8-18(17)28-13-19(25)26)23-20(27)22-15-6-3-5-14(21)11-15/h3,5-8,11-12H,4,9-10,13H2,1-2H3,(H2,22,23,27). The van der Waals surface area contributed by atoms with Crippen molar-refractivity contribution in [1.29, 1.82) is 0 Å². The Balaban J connectivity index is 1.71. The average Bonchev–Trinajstić information content (AvgIpc) is 2.63. The Bertz CT molecular complexity index is 872. The number of anilines is 3. The third-order valence-corrected chi connectivity index (χ3v) is 4.46. The van der Waals surface area contributed by atoms with Crippen LogP contribution in [-0.2, 0) is 4.79 Å². The van der Waals surface area contributed by atoms with Crippen LogP contribution in [0.3, 0.4) is 0 Å². The maximum Gasteiger partial charge on any atom is 0.323 e. The zero-order valence-corrected chi connectivity index (χ0v) is 16.6. The van der Waals surface area contributed by atoms with E-state index in [2.05, 4.69) is 15.5 Å². The van der Waals surface area contributed by atoms with Gasteiger partial charge in [-0.25, -0.2) is 4.79 Å². The lowest BCUT2D eigenvalue weighted by Crippen LogP contribution is -2.40. The first-order valence-corrected chi connectivity index (χ1v) is 9.36. The maximum absolute atomic E-state index is 12.3. The number of amides is 3. The van der Waals surface area contributed by atoms with Gasteiger partial charge in [-0.15, -0.1) is 0 Å². The molecule has 148 valence electrons. The number of rotatable bonds is 6. The number of urea groups is 1. The first-order chi connectivity index (χ1) is 13.4. The lowest BCUT2D eigenvalue weighted by molar-refractivity contribution is -0.121. The molecule has 28 heavy (non-hydrogen) atoms. The minimum atomic E-state index is -0.399. The Labute approximate surface area is 169 Å². The van der Waals surface area contributed by atoms with Crippen LogP contribution < -0.4 is 20.3 Å².